The number of rotatable bonds is 7. The molecule has 2 aliphatic heterocycles. The molecule has 3 N–H and O–H groups in total. The maximum Gasteiger partial charge on any atom is 0.261 e. The molecule has 2 aromatic carbocycles. The van der Waals surface area contributed by atoms with Crippen molar-refractivity contribution in [2.24, 2.45) is 0 Å². The number of aryl methyl sites for hydroxylation is 1. The fourth-order valence-corrected chi connectivity index (χ4v) is 6.25. The second kappa shape index (κ2) is 11.3. The van der Waals surface area contributed by atoms with E-state index in [-0.39, 0.29) is 16.6 Å². The Morgan fingerprint density at radius 1 is 1.12 bits per heavy atom. The summed E-state index contributed by atoms with van der Waals surface area (Å²) in [4.78, 5) is 22.8. The summed E-state index contributed by atoms with van der Waals surface area (Å²) in [6.45, 7) is 15.6. The average Bonchev–Trinajstić information content (AvgIpc) is 3.31. The number of hydrogen-bond donors (Lipinski definition) is 3. The van der Waals surface area contributed by atoms with Gasteiger partial charge in [0.1, 0.15) is 22.9 Å². The van der Waals surface area contributed by atoms with Crippen LogP contribution in [0.4, 0.5) is 33.0 Å². The van der Waals surface area contributed by atoms with Gasteiger partial charge in [-0.15, -0.1) is 0 Å². The van der Waals surface area contributed by atoms with Crippen LogP contribution in [-0.4, -0.2) is 62.2 Å². The van der Waals surface area contributed by atoms with E-state index in [1.54, 1.807) is 18.3 Å². The molecule has 3 aromatic rings. The SMILES string of the molecule is Cc1cc(F)c(Nc2ccnc3c2C(=O)Nc2cc(CN4CC[C@@H](N(C)C)C4)ccc2N3)cc1O[Si](C)(C)C(C)(C)C. The molecule has 0 saturated carbocycles. The lowest BCUT2D eigenvalue weighted by Gasteiger charge is -2.37. The summed E-state index contributed by atoms with van der Waals surface area (Å²) in [7, 11) is 2.10. The largest absolute Gasteiger partial charge is 0.543 e. The van der Waals surface area contributed by atoms with Crippen LogP contribution in [0.3, 0.4) is 0 Å². The van der Waals surface area contributed by atoms with Gasteiger partial charge >= 0.3 is 0 Å². The van der Waals surface area contributed by atoms with Crippen molar-refractivity contribution in [3.8, 4) is 5.75 Å². The average molecular weight is 591 g/mol. The first kappa shape index (κ1) is 30.0. The van der Waals surface area contributed by atoms with Gasteiger partial charge in [-0.3, -0.25) is 9.69 Å². The molecule has 5 rings (SSSR count). The van der Waals surface area contributed by atoms with Crippen LogP contribution in [0, 0.1) is 12.7 Å². The van der Waals surface area contributed by atoms with E-state index in [0.29, 0.717) is 34.5 Å². The molecule has 1 aromatic heterocycles. The third-order valence-corrected chi connectivity index (χ3v) is 13.2. The van der Waals surface area contributed by atoms with Crippen molar-refractivity contribution in [1.29, 1.82) is 0 Å². The fraction of sp³-hybridized carbons (Fsp3) is 0.438. The van der Waals surface area contributed by atoms with Gasteiger partial charge in [-0.2, -0.15) is 0 Å². The van der Waals surface area contributed by atoms with Crippen LogP contribution in [0.15, 0.2) is 42.6 Å². The molecule has 0 bridgehead atoms. The number of anilines is 5. The monoisotopic (exact) mass is 590 g/mol. The number of benzene rings is 2. The highest BCUT2D eigenvalue weighted by molar-refractivity contribution is 6.74. The molecule has 224 valence electrons. The summed E-state index contributed by atoms with van der Waals surface area (Å²) >= 11 is 0. The number of hydrogen-bond acceptors (Lipinski definition) is 7. The Balaban J connectivity index is 1.39. The third-order valence-electron chi connectivity index (χ3n) is 8.85. The number of aromatic nitrogens is 1. The van der Waals surface area contributed by atoms with Crippen molar-refractivity contribution in [3.05, 3.63) is 65.1 Å². The van der Waals surface area contributed by atoms with Gasteiger partial charge in [0, 0.05) is 37.9 Å². The van der Waals surface area contributed by atoms with Gasteiger partial charge in [-0.25, -0.2) is 9.37 Å². The Morgan fingerprint density at radius 3 is 2.57 bits per heavy atom. The molecule has 0 spiro atoms. The zero-order valence-corrected chi connectivity index (χ0v) is 27.0. The molecule has 1 amide bonds. The van der Waals surface area contributed by atoms with Crippen molar-refractivity contribution in [3.63, 3.8) is 0 Å². The highest BCUT2D eigenvalue weighted by Crippen LogP contribution is 2.40. The molecular formula is C32H43FN6O2Si. The number of carbonyl (C=O) groups excluding carboxylic acids is 1. The molecule has 0 unspecified atom stereocenters. The van der Waals surface area contributed by atoms with Crippen molar-refractivity contribution in [2.45, 2.75) is 64.8 Å². The zero-order chi connectivity index (χ0) is 30.4. The molecule has 3 heterocycles. The lowest BCUT2D eigenvalue weighted by molar-refractivity contribution is 0.102. The van der Waals surface area contributed by atoms with E-state index < -0.39 is 14.1 Å². The quantitative estimate of drug-likeness (QED) is 0.253. The first-order chi connectivity index (χ1) is 19.7. The summed E-state index contributed by atoms with van der Waals surface area (Å²) in [6, 6.07) is 11.5. The zero-order valence-electron chi connectivity index (χ0n) is 26.0. The van der Waals surface area contributed by atoms with Crippen LogP contribution in [-0.2, 0) is 6.54 Å². The van der Waals surface area contributed by atoms with Crippen LogP contribution in [0.1, 0.15) is 48.7 Å². The van der Waals surface area contributed by atoms with Gasteiger partial charge in [-0.1, -0.05) is 26.8 Å². The smallest absolute Gasteiger partial charge is 0.261 e. The number of fused-ring (bicyclic) bond motifs is 2. The van der Waals surface area contributed by atoms with Gasteiger partial charge in [-0.05, 0) is 81.0 Å². The molecular weight excluding hydrogens is 547 g/mol. The first-order valence-electron chi connectivity index (χ1n) is 14.6. The van der Waals surface area contributed by atoms with Crippen molar-refractivity contribution in [1.82, 2.24) is 14.8 Å². The minimum absolute atomic E-state index is 0.00834. The highest BCUT2D eigenvalue weighted by atomic mass is 28.4. The molecule has 2 aliphatic rings. The Morgan fingerprint density at radius 2 is 1.88 bits per heavy atom. The van der Waals surface area contributed by atoms with E-state index in [1.807, 2.05) is 19.1 Å². The van der Waals surface area contributed by atoms with Crippen molar-refractivity contribution >= 4 is 42.8 Å². The highest BCUT2D eigenvalue weighted by Gasteiger charge is 2.39. The van der Waals surface area contributed by atoms with E-state index in [1.165, 1.54) is 6.07 Å². The van der Waals surface area contributed by atoms with E-state index in [0.717, 1.165) is 42.9 Å². The van der Waals surface area contributed by atoms with Crippen molar-refractivity contribution < 1.29 is 13.6 Å². The fourth-order valence-electron chi connectivity index (χ4n) is 5.17. The number of halogens is 1. The minimum atomic E-state index is -2.15. The van der Waals surface area contributed by atoms with Gasteiger partial charge in [0.25, 0.3) is 5.91 Å². The third kappa shape index (κ3) is 6.16. The second-order valence-electron chi connectivity index (χ2n) is 13.3. The number of nitrogens with one attached hydrogen (secondary N) is 3. The number of likely N-dealkylation sites (tertiary alicyclic amines) is 1. The lowest BCUT2D eigenvalue weighted by Crippen LogP contribution is -2.44. The van der Waals surface area contributed by atoms with Crippen LogP contribution in [0.5, 0.6) is 5.75 Å². The lowest BCUT2D eigenvalue weighted by atomic mass is 10.1. The predicted octanol–water partition coefficient (Wildman–Crippen LogP) is 7.10. The van der Waals surface area contributed by atoms with E-state index in [4.69, 9.17) is 4.43 Å². The number of likely N-dealkylation sites (N-methyl/N-ethyl adjacent to an activating group) is 1. The van der Waals surface area contributed by atoms with Crippen LogP contribution < -0.4 is 20.4 Å². The molecule has 0 aliphatic carbocycles. The van der Waals surface area contributed by atoms with Gasteiger partial charge in [0.05, 0.1) is 22.7 Å². The number of carbonyl (C=O) groups is 1. The first-order valence-corrected chi connectivity index (χ1v) is 17.5. The molecule has 8 nitrogen and oxygen atoms in total. The minimum Gasteiger partial charge on any atom is -0.543 e. The maximum atomic E-state index is 15.2. The van der Waals surface area contributed by atoms with Crippen LogP contribution >= 0.6 is 0 Å². The summed E-state index contributed by atoms with van der Waals surface area (Å²) in [5.74, 6) is 0.308. The molecule has 1 saturated heterocycles. The van der Waals surface area contributed by atoms with Gasteiger partial charge in [0.15, 0.2) is 0 Å². The molecule has 1 fully saturated rings. The molecule has 42 heavy (non-hydrogen) atoms. The van der Waals surface area contributed by atoms with Crippen molar-refractivity contribution in [2.75, 3.05) is 43.1 Å². The molecule has 1 atom stereocenters. The van der Waals surface area contributed by atoms with Gasteiger partial charge < -0.3 is 25.3 Å². The topological polar surface area (TPSA) is 81.8 Å². The second-order valence-corrected chi connectivity index (χ2v) is 18.0. The van der Waals surface area contributed by atoms with Crippen LogP contribution in [0.2, 0.25) is 18.1 Å². The van der Waals surface area contributed by atoms with Crippen LogP contribution in [0.25, 0.3) is 0 Å². The molecule has 0 radical (unpaired) electrons. The summed E-state index contributed by atoms with van der Waals surface area (Å²) in [5, 5.41) is 9.53. The van der Waals surface area contributed by atoms with E-state index in [9.17, 15) is 4.79 Å². The predicted molar refractivity (Wildman–Crippen MR) is 172 cm³/mol. The Bertz CT molecular complexity index is 1500. The summed E-state index contributed by atoms with van der Waals surface area (Å²) in [5.41, 5.74) is 4.31. The number of nitrogens with zero attached hydrogens (tertiary/aromatic N) is 3. The Hall–Kier alpha value is -3.47. The van der Waals surface area contributed by atoms with E-state index >= 15 is 4.39 Å². The Kier molecular flexibility index (Phi) is 8.08. The standard InChI is InChI=1S/C32H43FN6O2Si/c1-20-15-23(33)26(17-28(20)41-42(7,8)32(2,3)4)35-25-11-13-34-30-29(25)31(40)37-27-16-21(9-10-24(27)36-30)18-39-14-12-22(19-39)38(5)6/h9-11,13,15-17,22H,12,14,18-19H2,1-8H3,(H,37,40)(H2,34,35,36)/t22-/m1/s1. The van der Waals surface area contributed by atoms with Gasteiger partial charge in [0.2, 0.25) is 8.32 Å². The summed E-state index contributed by atoms with van der Waals surface area (Å²) in [6.07, 6.45) is 2.76. The maximum absolute atomic E-state index is 15.2. The number of amides is 1. The summed E-state index contributed by atoms with van der Waals surface area (Å²) < 4.78 is 21.8. The van der Waals surface area contributed by atoms with E-state index in [2.05, 4.69) is 84.8 Å². The normalized spacial score (nSPS) is 17.3. The number of pyridine rings is 1. The molecule has 10 heteroatoms. The Labute approximate surface area is 249 Å².